The Kier molecular flexibility index (Phi) is 8.82. The quantitative estimate of drug-likeness (QED) is 0.164. The maximum absolute atomic E-state index is 2.61. The summed E-state index contributed by atoms with van der Waals surface area (Å²) in [5.74, 6) is 0. The average molecular weight is 889 g/mol. The van der Waals surface area contributed by atoms with Crippen LogP contribution in [0.4, 0.5) is 34.1 Å². The standard InChI is InChI=1S/C67H56N2/c1-41-37-55-56-40-57-59(54-34-30-43-38-49(31-35-51(43)61(54)65(57,3)4)68(45-21-13-9-14-22-45)46-23-15-10-16-24-46)42(2)60(56)66(5,6)63(55)64-58(41)53-33-29-44-39-50(32-36-52(44)62(53)67(64,7)8)69(47-25-17-11-18-26-47)48-27-19-12-20-28-48/h9-40H,1-8H3. The monoisotopic (exact) mass is 888 g/mol. The van der Waals surface area contributed by atoms with E-state index in [0.717, 1.165) is 34.1 Å². The second-order valence-electron chi connectivity index (χ2n) is 21.4. The molecule has 69 heavy (non-hydrogen) atoms. The van der Waals surface area contributed by atoms with Gasteiger partial charge in [0.1, 0.15) is 0 Å². The van der Waals surface area contributed by atoms with Gasteiger partial charge in [0.05, 0.1) is 0 Å². The van der Waals surface area contributed by atoms with Gasteiger partial charge in [0.2, 0.25) is 0 Å². The Hall–Kier alpha value is -7.68. The number of anilines is 6. The van der Waals surface area contributed by atoms with Crippen LogP contribution in [-0.2, 0) is 16.2 Å². The minimum atomic E-state index is -0.226. The van der Waals surface area contributed by atoms with Crippen molar-refractivity contribution in [2.24, 2.45) is 0 Å². The van der Waals surface area contributed by atoms with Crippen molar-refractivity contribution < 1.29 is 0 Å². The van der Waals surface area contributed by atoms with Gasteiger partial charge in [-0.05, 0) is 192 Å². The lowest BCUT2D eigenvalue weighted by Crippen LogP contribution is -2.25. The van der Waals surface area contributed by atoms with Crippen molar-refractivity contribution in [3.8, 4) is 33.4 Å². The van der Waals surface area contributed by atoms with E-state index in [-0.39, 0.29) is 16.2 Å². The largest absolute Gasteiger partial charge is 0.310 e. The number of para-hydroxylation sites is 4. The van der Waals surface area contributed by atoms with Crippen LogP contribution < -0.4 is 9.80 Å². The molecule has 0 aromatic heterocycles. The van der Waals surface area contributed by atoms with Crippen molar-refractivity contribution in [2.45, 2.75) is 71.6 Å². The van der Waals surface area contributed by atoms with Crippen LogP contribution in [0.15, 0.2) is 194 Å². The fraction of sp³-hybridized carbons (Fsp3) is 0.164. The first-order chi connectivity index (χ1) is 33.4. The predicted molar refractivity (Wildman–Crippen MR) is 293 cm³/mol. The zero-order valence-corrected chi connectivity index (χ0v) is 40.9. The molecule has 0 fully saturated rings. The molecule has 13 rings (SSSR count). The molecule has 0 saturated carbocycles. The van der Waals surface area contributed by atoms with E-state index < -0.39 is 0 Å². The Bertz CT molecular complexity index is 3670. The van der Waals surface area contributed by atoms with Crippen LogP contribution >= 0.6 is 0 Å². The average Bonchev–Trinajstić information content (AvgIpc) is 3.85. The molecule has 2 nitrogen and oxygen atoms in total. The van der Waals surface area contributed by atoms with Crippen molar-refractivity contribution >= 4 is 55.7 Å². The molecule has 3 aliphatic carbocycles. The van der Waals surface area contributed by atoms with E-state index in [1.165, 1.54) is 99.4 Å². The molecule has 10 aromatic carbocycles. The molecule has 0 N–H and O–H groups in total. The highest BCUT2D eigenvalue weighted by molar-refractivity contribution is 6.05. The van der Waals surface area contributed by atoms with Crippen LogP contribution in [0, 0.1) is 13.8 Å². The molecule has 0 aliphatic heterocycles. The number of rotatable bonds is 6. The molecule has 0 unspecified atom stereocenters. The second kappa shape index (κ2) is 14.7. The first-order valence-electron chi connectivity index (χ1n) is 24.7. The molecule has 0 saturated heterocycles. The molecule has 0 atom stereocenters. The van der Waals surface area contributed by atoms with Crippen LogP contribution in [0.5, 0.6) is 0 Å². The third-order valence-corrected chi connectivity index (χ3v) is 16.3. The Labute approximate surface area is 407 Å². The Morgan fingerprint density at radius 1 is 0.304 bits per heavy atom. The van der Waals surface area contributed by atoms with E-state index in [4.69, 9.17) is 0 Å². The highest BCUT2D eigenvalue weighted by atomic mass is 15.1. The molecule has 0 bridgehead atoms. The van der Waals surface area contributed by atoms with E-state index in [0.29, 0.717) is 0 Å². The highest BCUT2D eigenvalue weighted by Gasteiger charge is 2.50. The van der Waals surface area contributed by atoms with E-state index in [2.05, 4.69) is 259 Å². The van der Waals surface area contributed by atoms with Gasteiger partial charge in [-0.2, -0.15) is 0 Å². The summed E-state index contributed by atoms with van der Waals surface area (Å²) >= 11 is 0. The first-order valence-corrected chi connectivity index (χ1v) is 24.7. The molecular formula is C67H56N2. The number of hydrogen-bond donors (Lipinski definition) is 0. The van der Waals surface area contributed by atoms with Crippen molar-refractivity contribution in [1.82, 2.24) is 0 Å². The van der Waals surface area contributed by atoms with E-state index >= 15 is 0 Å². The molecule has 0 amide bonds. The van der Waals surface area contributed by atoms with Gasteiger partial charge in [-0.3, -0.25) is 0 Å². The Balaban J connectivity index is 0.929. The van der Waals surface area contributed by atoms with E-state index in [9.17, 15) is 0 Å². The summed E-state index contributed by atoms with van der Waals surface area (Å²) in [4.78, 5) is 4.73. The predicted octanol–water partition coefficient (Wildman–Crippen LogP) is 18.5. The van der Waals surface area contributed by atoms with Gasteiger partial charge in [-0.15, -0.1) is 0 Å². The lowest BCUT2D eigenvalue weighted by Gasteiger charge is -2.32. The van der Waals surface area contributed by atoms with Crippen LogP contribution in [0.25, 0.3) is 54.9 Å². The summed E-state index contributed by atoms with van der Waals surface area (Å²) in [5, 5.41) is 5.20. The van der Waals surface area contributed by atoms with E-state index in [1.54, 1.807) is 0 Å². The molecule has 0 radical (unpaired) electrons. The minimum Gasteiger partial charge on any atom is -0.310 e. The van der Waals surface area contributed by atoms with Gasteiger partial charge in [-0.1, -0.05) is 157 Å². The third kappa shape index (κ3) is 5.79. The molecule has 3 aliphatic rings. The molecular weight excluding hydrogens is 833 g/mol. The summed E-state index contributed by atoms with van der Waals surface area (Å²) in [6, 6.07) is 71.9. The maximum Gasteiger partial charge on any atom is 0.0468 e. The number of benzene rings is 10. The molecule has 334 valence electrons. The van der Waals surface area contributed by atoms with Crippen molar-refractivity contribution in [2.75, 3.05) is 9.80 Å². The van der Waals surface area contributed by atoms with Crippen LogP contribution in [-0.4, -0.2) is 0 Å². The van der Waals surface area contributed by atoms with Gasteiger partial charge in [0.25, 0.3) is 0 Å². The maximum atomic E-state index is 2.61. The normalized spacial score (nSPS) is 15.0. The SMILES string of the molecule is Cc1cc2c(c3c1-c1ccc4cc(N(c5ccccc5)c5ccccc5)ccc4c1C3(C)C)C(C)(C)c1c-2cc2c(c1C)-c1ccc3cc(N(c4ccccc4)c4ccccc4)ccc3c1C2(C)C. The first kappa shape index (κ1) is 41.5. The van der Waals surface area contributed by atoms with Crippen LogP contribution in [0.1, 0.15) is 86.1 Å². The second-order valence-corrected chi connectivity index (χ2v) is 21.4. The Morgan fingerprint density at radius 2 is 0.710 bits per heavy atom. The van der Waals surface area contributed by atoms with Gasteiger partial charge in [0, 0.05) is 50.4 Å². The van der Waals surface area contributed by atoms with Gasteiger partial charge in [0.15, 0.2) is 0 Å². The topological polar surface area (TPSA) is 6.48 Å². The van der Waals surface area contributed by atoms with Gasteiger partial charge in [-0.25, -0.2) is 0 Å². The molecule has 0 heterocycles. The lowest BCUT2D eigenvalue weighted by molar-refractivity contribution is 0.601. The summed E-state index contributed by atoms with van der Waals surface area (Å²) in [6.07, 6.45) is 0. The number of aryl methyl sites for hydroxylation is 1. The number of fused-ring (bicyclic) bond motifs is 14. The fourth-order valence-corrected chi connectivity index (χ4v) is 13.6. The number of nitrogens with zero attached hydrogens (tertiary/aromatic N) is 2. The molecule has 10 aromatic rings. The third-order valence-electron chi connectivity index (χ3n) is 16.3. The van der Waals surface area contributed by atoms with E-state index in [1.807, 2.05) is 0 Å². The fourth-order valence-electron chi connectivity index (χ4n) is 13.6. The van der Waals surface area contributed by atoms with Crippen LogP contribution in [0.3, 0.4) is 0 Å². The summed E-state index contributed by atoms with van der Waals surface area (Å²) in [5.41, 5.74) is 26.3. The Morgan fingerprint density at radius 3 is 1.17 bits per heavy atom. The summed E-state index contributed by atoms with van der Waals surface area (Å²) < 4.78 is 0. The van der Waals surface area contributed by atoms with Crippen molar-refractivity contribution in [3.05, 3.63) is 239 Å². The van der Waals surface area contributed by atoms with Gasteiger partial charge < -0.3 is 9.80 Å². The molecule has 0 spiro atoms. The zero-order chi connectivity index (χ0) is 47.1. The van der Waals surface area contributed by atoms with Crippen molar-refractivity contribution in [3.63, 3.8) is 0 Å². The minimum absolute atomic E-state index is 0.202. The number of hydrogen-bond acceptors (Lipinski definition) is 2. The van der Waals surface area contributed by atoms with Crippen LogP contribution in [0.2, 0.25) is 0 Å². The summed E-state index contributed by atoms with van der Waals surface area (Å²) in [6.45, 7) is 19.7. The van der Waals surface area contributed by atoms with Gasteiger partial charge >= 0.3 is 0 Å². The lowest BCUT2D eigenvalue weighted by atomic mass is 9.70. The zero-order valence-electron chi connectivity index (χ0n) is 40.9. The highest BCUT2D eigenvalue weighted by Crippen LogP contribution is 2.64. The summed E-state index contributed by atoms with van der Waals surface area (Å²) in [7, 11) is 0. The van der Waals surface area contributed by atoms with Crippen molar-refractivity contribution in [1.29, 1.82) is 0 Å². The molecule has 2 heteroatoms. The smallest absolute Gasteiger partial charge is 0.0468 e.